The van der Waals surface area contributed by atoms with Crippen molar-refractivity contribution in [3.05, 3.63) is 21.9 Å². The largest absolute Gasteiger partial charge is 0.481 e. The van der Waals surface area contributed by atoms with E-state index in [1.54, 1.807) is 11.3 Å². The average molecular weight is 256 g/mol. The van der Waals surface area contributed by atoms with Gasteiger partial charge in [-0.3, -0.25) is 4.79 Å². The molecule has 17 heavy (non-hydrogen) atoms. The van der Waals surface area contributed by atoms with E-state index in [9.17, 15) is 9.90 Å². The molecule has 1 unspecified atom stereocenters. The Labute approximate surface area is 106 Å². The second-order valence-electron chi connectivity index (χ2n) is 4.83. The van der Waals surface area contributed by atoms with Crippen LogP contribution < -0.4 is 0 Å². The van der Waals surface area contributed by atoms with Crippen molar-refractivity contribution in [2.24, 2.45) is 5.92 Å². The molecule has 0 saturated carbocycles. The molecule has 0 saturated heterocycles. The van der Waals surface area contributed by atoms with Crippen LogP contribution in [0.4, 0.5) is 0 Å². The van der Waals surface area contributed by atoms with Gasteiger partial charge in [0, 0.05) is 4.88 Å². The van der Waals surface area contributed by atoms with Crippen molar-refractivity contribution in [2.45, 2.75) is 45.6 Å². The maximum Gasteiger partial charge on any atom is 0.306 e. The third kappa shape index (κ3) is 3.82. The van der Waals surface area contributed by atoms with Gasteiger partial charge in [0.05, 0.1) is 12.0 Å². The summed E-state index contributed by atoms with van der Waals surface area (Å²) in [6.45, 7) is 5.78. The van der Waals surface area contributed by atoms with Crippen molar-refractivity contribution in [1.29, 1.82) is 0 Å². The number of carboxylic acid groups (broad SMARTS) is 1. The summed E-state index contributed by atoms with van der Waals surface area (Å²) in [5, 5.41) is 21.2. The minimum absolute atomic E-state index is 0.0578. The highest BCUT2D eigenvalue weighted by atomic mass is 32.1. The first-order valence-electron chi connectivity index (χ1n) is 5.82. The number of aryl methyl sites for hydroxylation is 2. The Morgan fingerprint density at radius 1 is 1.53 bits per heavy atom. The maximum absolute atomic E-state index is 10.8. The van der Waals surface area contributed by atoms with Crippen LogP contribution in [0.15, 0.2) is 11.4 Å². The molecule has 1 rings (SSSR count). The van der Waals surface area contributed by atoms with Crippen LogP contribution in [0.2, 0.25) is 0 Å². The average Bonchev–Trinajstić information content (AvgIpc) is 2.60. The highest BCUT2D eigenvalue weighted by molar-refractivity contribution is 7.10. The van der Waals surface area contributed by atoms with Crippen LogP contribution in [-0.4, -0.2) is 21.8 Å². The van der Waals surface area contributed by atoms with Crippen molar-refractivity contribution >= 4 is 17.3 Å². The fourth-order valence-electron chi connectivity index (χ4n) is 1.86. The summed E-state index contributed by atoms with van der Waals surface area (Å²) >= 11 is 1.68. The zero-order chi connectivity index (χ0) is 13.1. The molecule has 0 aliphatic carbocycles. The van der Waals surface area contributed by atoms with E-state index in [4.69, 9.17) is 5.11 Å². The van der Waals surface area contributed by atoms with Crippen LogP contribution in [0.5, 0.6) is 0 Å². The van der Waals surface area contributed by atoms with Gasteiger partial charge in [-0.25, -0.2) is 0 Å². The molecule has 96 valence electrons. The molecule has 2 N–H and O–H groups in total. The molecular formula is C13H20O3S. The van der Waals surface area contributed by atoms with E-state index in [2.05, 4.69) is 0 Å². The van der Waals surface area contributed by atoms with Crippen molar-refractivity contribution in [3.8, 4) is 0 Å². The minimum Gasteiger partial charge on any atom is -0.481 e. The summed E-state index contributed by atoms with van der Waals surface area (Å²) in [6.07, 6.45) is 1.04. The number of rotatable bonds is 6. The molecule has 1 aromatic rings. The molecular weight excluding hydrogens is 236 g/mol. The van der Waals surface area contributed by atoms with E-state index in [0.717, 1.165) is 6.42 Å². The molecule has 0 fully saturated rings. The van der Waals surface area contributed by atoms with E-state index in [0.29, 0.717) is 6.42 Å². The van der Waals surface area contributed by atoms with Gasteiger partial charge in [-0.05, 0) is 42.7 Å². The van der Waals surface area contributed by atoms with E-state index in [1.807, 2.05) is 32.2 Å². The summed E-state index contributed by atoms with van der Waals surface area (Å²) in [7, 11) is 0. The monoisotopic (exact) mass is 256 g/mol. The van der Waals surface area contributed by atoms with Gasteiger partial charge in [0.2, 0.25) is 0 Å². The highest BCUT2D eigenvalue weighted by Crippen LogP contribution is 2.28. The Bertz CT molecular complexity index is 384. The molecule has 4 heteroatoms. The smallest absolute Gasteiger partial charge is 0.306 e. The van der Waals surface area contributed by atoms with Gasteiger partial charge < -0.3 is 10.2 Å². The molecule has 0 amide bonds. The Kier molecular flexibility index (Phi) is 4.71. The molecule has 0 spiro atoms. The van der Waals surface area contributed by atoms with Crippen molar-refractivity contribution in [2.75, 3.05) is 0 Å². The Morgan fingerprint density at radius 3 is 2.59 bits per heavy atom. The van der Waals surface area contributed by atoms with Gasteiger partial charge >= 0.3 is 5.97 Å². The topological polar surface area (TPSA) is 57.5 Å². The predicted octanol–water partition coefficient (Wildman–Crippen LogP) is 2.85. The second-order valence-corrected chi connectivity index (χ2v) is 5.95. The van der Waals surface area contributed by atoms with Gasteiger partial charge in [0.15, 0.2) is 0 Å². The second kappa shape index (κ2) is 5.65. The van der Waals surface area contributed by atoms with Gasteiger partial charge in [0.1, 0.15) is 0 Å². The Morgan fingerprint density at radius 2 is 2.18 bits per heavy atom. The molecule has 0 radical (unpaired) electrons. The van der Waals surface area contributed by atoms with E-state index in [-0.39, 0.29) is 12.3 Å². The summed E-state index contributed by atoms with van der Waals surface area (Å²) < 4.78 is 0. The molecule has 1 heterocycles. The zero-order valence-electron chi connectivity index (χ0n) is 10.6. The first-order valence-corrected chi connectivity index (χ1v) is 6.70. The minimum atomic E-state index is -1.11. The lowest BCUT2D eigenvalue weighted by Crippen LogP contribution is -2.38. The quantitative estimate of drug-likeness (QED) is 0.823. The van der Waals surface area contributed by atoms with Crippen LogP contribution in [0.25, 0.3) is 0 Å². The van der Waals surface area contributed by atoms with Crippen LogP contribution in [0, 0.1) is 12.8 Å². The summed E-state index contributed by atoms with van der Waals surface area (Å²) in [6, 6.07) is 2.04. The number of carboxylic acids is 1. The molecule has 3 nitrogen and oxygen atoms in total. The number of aliphatic hydroxyl groups is 1. The molecule has 1 aromatic heterocycles. The third-order valence-corrected chi connectivity index (χ3v) is 4.21. The normalized spacial score (nSPS) is 14.9. The SMILES string of the molecule is Cc1sccc1CCC(O)(CC(=O)O)C(C)C. The summed E-state index contributed by atoms with van der Waals surface area (Å²) in [5.74, 6) is -0.999. The first-order chi connectivity index (χ1) is 7.85. The number of thiophene rings is 1. The lowest BCUT2D eigenvalue weighted by atomic mass is 9.82. The lowest BCUT2D eigenvalue weighted by Gasteiger charge is -2.30. The van der Waals surface area contributed by atoms with Gasteiger partial charge in [-0.2, -0.15) is 0 Å². The third-order valence-electron chi connectivity index (χ3n) is 3.33. The number of aliphatic carboxylic acids is 1. The molecule has 0 aromatic carbocycles. The Balaban J connectivity index is 2.68. The number of hydrogen-bond donors (Lipinski definition) is 2. The standard InChI is InChI=1S/C13H20O3S/c1-9(2)13(16,8-12(14)15)6-4-11-5-7-17-10(11)3/h5,7,9,16H,4,6,8H2,1-3H3,(H,14,15). The number of hydrogen-bond acceptors (Lipinski definition) is 3. The van der Waals surface area contributed by atoms with Gasteiger partial charge in [-0.15, -0.1) is 11.3 Å². The fourth-order valence-corrected chi connectivity index (χ4v) is 2.62. The molecule has 0 aliphatic heterocycles. The molecule has 0 bridgehead atoms. The van der Waals surface area contributed by atoms with Crippen LogP contribution >= 0.6 is 11.3 Å². The van der Waals surface area contributed by atoms with Gasteiger partial charge in [0.25, 0.3) is 0 Å². The molecule has 1 atom stereocenters. The van der Waals surface area contributed by atoms with E-state index < -0.39 is 11.6 Å². The van der Waals surface area contributed by atoms with Crippen molar-refractivity contribution in [3.63, 3.8) is 0 Å². The van der Waals surface area contributed by atoms with Crippen molar-refractivity contribution < 1.29 is 15.0 Å². The molecule has 0 aliphatic rings. The highest BCUT2D eigenvalue weighted by Gasteiger charge is 2.33. The number of carbonyl (C=O) groups is 1. The van der Waals surface area contributed by atoms with E-state index in [1.165, 1.54) is 10.4 Å². The maximum atomic E-state index is 10.8. The zero-order valence-corrected chi connectivity index (χ0v) is 11.4. The lowest BCUT2D eigenvalue weighted by molar-refractivity contribution is -0.145. The first kappa shape index (κ1) is 14.2. The van der Waals surface area contributed by atoms with E-state index >= 15 is 0 Å². The van der Waals surface area contributed by atoms with Crippen LogP contribution in [-0.2, 0) is 11.2 Å². The van der Waals surface area contributed by atoms with Gasteiger partial charge in [-0.1, -0.05) is 13.8 Å². The van der Waals surface area contributed by atoms with Crippen molar-refractivity contribution in [1.82, 2.24) is 0 Å². The predicted molar refractivity (Wildman–Crippen MR) is 69.4 cm³/mol. The van der Waals surface area contributed by atoms with Crippen LogP contribution in [0.1, 0.15) is 37.1 Å². The summed E-state index contributed by atoms with van der Waals surface area (Å²) in [4.78, 5) is 12.0. The summed E-state index contributed by atoms with van der Waals surface area (Å²) in [5.41, 5.74) is 0.0969. The fraction of sp³-hybridized carbons (Fsp3) is 0.615. The Hall–Kier alpha value is -0.870. The van der Waals surface area contributed by atoms with Crippen LogP contribution in [0.3, 0.4) is 0 Å².